The van der Waals surface area contributed by atoms with E-state index in [0.717, 1.165) is 5.01 Å². The number of hydrogen-bond acceptors (Lipinski definition) is 5. The minimum atomic E-state index is -1.46. The Kier molecular flexibility index (Phi) is 6.23. The number of aliphatic hydroxyl groups is 1. The van der Waals surface area contributed by atoms with Gasteiger partial charge in [0.25, 0.3) is 0 Å². The van der Waals surface area contributed by atoms with Crippen LogP contribution in [0, 0.1) is 0 Å². The van der Waals surface area contributed by atoms with Crippen molar-refractivity contribution in [3.05, 3.63) is 16.6 Å². The van der Waals surface area contributed by atoms with Gasteiger partial charge in [0.2, 0.25) is 0 Å². The lowest BCUT2D eigenvalue weighted by atomic mass is 10.2. The van der Waals surface area contributed by atoms with Crippen LogP contribution in [0.2, 0.25) is 0 Å². The third-order valence-electron chi connectivity index (χ3n) is 2.45. The van der Waals surface area contributed by atoms with E-state index in [-0.39, 0.29) is 19.0 Å². The third kappa shape index (κ3) is 5.23. The highest BCUT2D eigenvalue weighted by molar-refractivity contribution is 7.09. The zero-order valence-corrected chi connectivity index (χ0v) is 11.3. The molecule has 1 heterocycles. The van der Waals surface area contributed by atoms with Crippen LogP contribution in [0.5, 0.6) is 0 Å². The summed E-state index contributed by atoms with van der Waals surface area (Å²) in [5.74, 6) is -1.29. The zero-order chi connectivity index (χ0) is 14.3. The van der Waals surface area contributed by atoms with Crippen molar-refractivity contribution < 1.29 is 19.8 Å². The second-order valence-electron chi connectivity index (χ2n) is 3.87. The molecule has 19 heavy (non-hydrogen) atoms. The number of aliphatic carboxylic acids is 1. The van der Waals surface area contributed by atoms with Crippen molar-refractivity contribution in [1.29, 1.82) is 0 Å². The van der Waals surface area contributed by atoms with E-state index in [1.54, 1.807) is 6.20 Å². The lowest BCUT2D eigenvalue weighted by Crippen LogP contribution is -2.39. The zero-order valence-electron chi connectivity index (χ0n) is 10.5. The molecule has 2 unspecified atom stereocenters. The fourth-order valence-electron chi connectivity index (χ4n) is 1.40. The van der Waals surface area contributed by atoms with Gasteiger partial charge in [-0.2, -0.15) is 0 Å². The molecule has 1 aromatic heterocycles. The van der Waals surface area contributed by atoms with Gasteiger partial charge in [0, 0.05) is 24.5 Å². The van der Waals surface area contributed by atoms with Gasteiger partial charge < -0.3 is 20.8 Å². The van der Waals surface area contributed by atoms with Gasteiger partial charge in [0.15, 0.2) is 6.10 Å². The van der Waals surface area contributed by atoms with Crippen molar-refractivity contribution in [3.63, 3.8) is 0 Å². The van der Waals surface area contributed by atoms with Crippen LogP contribution in [0.25, 0.3) is 0 Å². The summed E-state index contributed by atoms with van der Waals surface area (Å²) in [5.41, 5.74) is 0. The van der Waals surface area contributed by atoms with E-state index in [1.165, 1.54) is 11.3 Å². The number of nitrogens with one attached hydrogen (secondary N) is 2. The van der Waals surface area contributed by atoms with E-state index in [9.17, 15) is 9.59 Å². The van der Waals surface area contributed by atoms with E-state index >= 15 is 0 Å². The molecule has 8 heteroatoms. The van der Waals surface area contributed by atoms with Gasteiger partial charge in [0.05, 0.1) is 6.04 Å². The number of carboxylic acid groups (broad SMARTS) is 1. The smallest absolute Gasteiger partial charge is 0.332 e. The van der Waals surface area contributed by atoms with E-state index in [2.05, 4.69) is 15.6 Å². The maximum absolute atomic E-state index is 11.6. The number of aliphatic hydroxyl groups excluding tert-OH is 1. The minimum absolute atomic E-state index is 0.0310. The predicted octanol–water partition coefficient (Wildman–Crippen LogP) is 0.729. The fourth-order valence-corrected chi connectivity index (χ4v) is 2.17. The first-order valence-electron chi connectivity index (χ1n) is 5.89. The Hall–Kier alpha value is -1.67. The summed E-state index contributed by atoms with van der Waals surface area (Å²) in [6, 6.07) is -0.566. The van der Waals surface area contributed by atoms with Gasteiger partial charge in [-0.25, -0.2) is 14.6 Å². The van der Waals surface area contributed by atoms with Crippen molar-refractivity contribution in [2.75, 3.05) is 6.54 Å². The number of urea groups is 1. The van der Waals surface area contributed by atoms with Crippen molar-refractivity contribution >= 4 is 23.3 Å². The van der Waals surface area contributed by atoms with Gasteiger partial charge in [-0.05, 0) is 6.42 Å². The third-order valence-corrected chi connectivity index (χ3v) is 3.34. The maximum atomic E-state index is 11.6. The van der Waals surface area contributed by atoms with Crippen LogP contribution in [0.4, 0.5) is 4.79 Å². The molecule has 1 aromatic rings. The molecule has 2 atom stereocenters. The fraction of sp³-hybridized carbons (Fsp3) is 0.545. The van der Waals surface area contributed by atoms with Crippen LogP contribution in [0.1, 0.15) is 30.8 Å². The molecule has 0 bridgehead atoms. The van der Waals surface area contributed by atoms with Crippen molar-refractivity contribution in [2.24, 2.45) is 0 Å². The van der Waals surface area contributed by atoms with Crippen molar-refractivity contribution in [2.45, 2.75) is 31.9 Å². The molecular formula is C11H17N3O4S. The largest absolute Gasteiger partial charge is 0.479 e. The van der Waals surface area contributed by atoms with E-state index in [0.29, 0.717) is 6.42 Å². The Morgan fingerprint density at radius 1 is 1.53 bits per heavy atom. The number of hydrogen-bond donors (Lipinski definition) is 4. The first-order chi connectivity index (χ1) is 9.04. The minimum Gasteiger partial charge on any atom is -0.479 e. The molecule has 7 nitrogen and oxygen atoms in total. The van der Waals surface area contributed by atoms with Crippen molar-refractivity contribution in [1.82, 2.24) is 15.6 Å². The number of aromatic nitrogens is 1. The lowest BCUT2D eigenvalue weighted by Gasteiger charge is -2.15. The number of amides is 2. The SMILES string of the molecule is CCC(NC(=O)NCCC(O)C(=O)O)c1nccs1. The Balaban J connectivity index is 2.32. The summed E-state index contributed by atoms with van der Waals surface area (Å²) in [5, 5.41) is 25.4. The summed E-state index contributed by atoms with van der Waals surface area (Å²) in [7, 11) is 0. The second-order valence-corrected chi connectivity index (χ2v) is 4.80. The second kappa shape index (κ2) is 7.70. The number of carbonyl (C=O) groups excluding carboxylic acids is 1. The van der Waals surface area contributed by atoms with E-state index in [4.69, 9.17) is 10.2 Å². The molecule has 0 aliphatic rings. The monoisotopic (exact) mass is 287 g/mol. The Morgan fingerprint density at radius 2 is 2.26 bits per heavy atom. The molecule has 0 spiro atoms. The summed E-state index contributed by atoms with van der Waals surface area (Å²) in [6.45, 7) is 2.02. The molecule has 0 fully saturated rings. The molecule has 0 aromatic carbocycles. The van der Waals surface area contributed by atoms with Crippen LogP contribution in [0.3, 0.4) is 0 Å². The Morgan fingerprint density at radius 3 is 2.79 bits per heavy atom. The van der Waals surface area contributed by atoms with Crippen LogP contribution >= 0.6 is 11.3 Å². The quantitative estimate of drug-likeness (QED) is 0.590. The first-order valence-corrected chi connectivity index (χ1v) is 6.77. The number of rotatable bonds is 7. The molecule has 1 rings (SSSR count). The highest BCUT2D eigenvalue weighted by atomic mass is 32.1. The van der Waals surface area contributed by atoms with Crippen LogP contribution < -0.4 is 10.6 Å². The molecular weight excluding hydrogens is 270 g/mol. The highest BCUT2D eigenvalue weighted by Crippen LogP contribution is 2.18. The number of carboxylic acids is 1. The van der Waals surface area contributed by atoms with E-state index < -0.39 is 18.1 Å². The molecule has 106 valence electrons. The lowest BCUT2D eigenvalue weighted by molar-refractivity contribution is -0.146. The topological polar surface area (TPSA) is 112 Å². The first kappa shape index (κ1) is 15.4. The maximum Gasteiger partial charge on any atom is 0.332 e. The molecule has 0 radical (unpaired) electrons. The number of carbonyl (C=O) groups is 2. The molecule has 0 aliphatic carbocycles. The number of thiazole rings is 1. The summed E-state index contributed by atoms with van der Waals surface area (Å²) < 4.78 is 0. The Bertz CT molecular complexity index is 410. The summed E-state index contributed by atoms with van der Waals surface area (Å²) in [6.07, 6.45) is 0.891. The molecule has 0 saturated carbocycles. The summed E-state index contributed by atoms with van der Waals surface area (Å²) >= 11 is 1.46. The van der Waals surface area contributed by atoms with Gasteiger partial charge in [0.1, 0.15) is 5.01 Å². The molecule has 0 saturated heterocycles. The molecule has 2 amide bonds. The highest BCUT2D eigenvalue weighted by Gasteiger charge is 2.16. The average molecular weight is 287 g/mol. The predicted molar refractivity (Wildman–Crippen MR) is 69.9 cm³/mol. The van der Waals surface area contributed by atoms with E-state index in [1.807, 2.05) is 12.3 Å². The normalized spacial score (nSPS) is 13.6. The van der Waals surface area contributed by atoms with Crippen LogP contribution in [-0.2, 0) is 4.79 Å². The number of nitrogens with zero attached hydrogens (tertiary/aromatic N) is 1. The molecule has 4 N–H and O–H groups in total. The standard InChI is InChI=1S/C11H17N3O4S/c1-2-7(9-12-5-6-19-9)14-11(18)13-4-3-8(15)10(16)17/h5-8,15H,2-4H2,1H3,(H,16,17)(H2,13,14,18). The Labute approximate surface area is 114 Å². The van der Waals surface area contributed by atoms with Crippen molar-refractivity contribution in [3.8, 4) is 0 Å². The van der Waals surface area contributed by atoms with Gasteiger partial charge >= 0.3 is 12.0 Å². The summed E-state index contributed by atoms with van der Waals surface area (Å²) in [4.78, 5) is 26.1. The average Bonchev–Trinajstić information content (AvgIpc) is 2.89. The molecule has 0 aliphatic heterocycles. The van der Waals surface area contributed by atoms with Gasteiger partial charge in [-0.15, -0.1) is 11.3 Å². The van der Waals surface area contributed by atoms with Gasteiger partial charge in [-0.1, -0.05) is 6.92 Å². The van der Waals surface area contributed by atoms with Crippen LogP contribution in [0.15, 0.2) is 11.6 Å². The van der Waals surface area contributed by atoms with Crippen LogP contribution in [-0.4, -0.2) is 39.8 Å². The van der Waals surface area contributed by atoms with Gasteiger partial charge in [-0.3, -0.25) is 0 Å².